The Hall–Kier alpha value is -2.89. The van der Waals surface area contributed by atoms with Gasteiger partial charge in [0.15, 0.2) is 0 Å². The SMILES string of the molecule is C=CCCc1ccc(/C=N/N=C\c2ccc(OC(F)(F)F)cc2)cc1. The Morgan fingerprint density at radius 2 is 1.40 bits per heavy atom. The van der Waals surface area contributed by atoms with Crippen molar-refractivity contribution in [3.63, 3.8) is 0 Å². The number of ether oxygens (including phenoxy) is 1. The summed E-state index contributed by atoms with van der Waals surface area (Å²) in [6.07, 6.45) is 2.13. The van der Waals surface area contributed by atoms with Gasteiger partial charge in [-0.1, -0.05) is 30.3 Å². The molecule has 0 radical (unpaired) electrons. The predicted octanol–water partition coefficient (Wildman–Crippen LogP) is 5.16. The summed E-state index contributed by atoms with van der Waals surface area (Å²) < 4.78 is 40.0. The fraction of sp³-hybridized carbons (Fsp3) is 0.158. The summed E-state index contributed by atoms with van der Waals surface area (Å²) in [6.45, 7) is 3.69. The summed E-state index contributed by atoms with van der Waals surface area (Å²) in [4.78, 5) is 0. The van der Waals surface area contributed by atoms with E-state index in [1.807, 2.05) is 30.3 Å². The molecule has 0 fully saturated rings. The van der Waals surface area contributed by atoms with Gasteiger partial charge in [0.1, 0.15) is 5.75 Å². The van der Waals surface area contributed by atoms with Crippen molar-refractivity contribution in [3.05, 3.63) is 77.9 Å². The van der Waals surface area contributed by atoms with E-state index in [2.05, 4.69) is 21.5 Å². The molecule has 0 spiro atoms. The average molecular weight is 346 g/mol. The second-order valence-electron chi connectivity index (χ2n) is 5.17. The van der Waals surface area contributed by atoms with Crippen LogP contribution in [0.15, 0.2) is 71.4 Å². The molecule has 3 nitrogen and oxygen atoms in total. The maximum atomic E-state index is 12.1. The van der Waals surface area contributed by atoms with Gasteiger partial charge in [-0.25, -0.2) is 0 Å². The zero-order chi connectivity index (χ0) is 18.1. The Bertz CT molecular complexity index is 733. The van der Waals surface area contributed by atoms with Crippen LogP contribution >= 0.6 is 0 Å². The lowest BCUT2D eigenvalue weighted by molar-refractivity contribution is -0.274. The van der Waals surface area contributed by atoms with E-state index in [4.69, 9.17) is 0 Å². The third-order valence-electron chi connectivity index (χ3n) is 3.21. The third-order valence-corrected chi connectivity index (χ3v) is 3.21. The molecule has 0 saturated carbocycles. The van der Waals surface area contributed by atoms with Gasteiger partial charge in [-0.2, -0.15) is 10.2 Å². The highest BCUT2D eigenvalue weighted by atomic mass is 19.4. The van der Waals surface area contributed by atoms with Crippen LogP contribution in [0.5, 0.6) is 5.75 Å². The van der Waals surface area contributed by atoms with Gasteiger partial charge in [-0.15, -0.1) is 19.8 Å². The quantitative estimate of drug-likeness (QED) is 0.387. The minimum absolute atomic E-state index is 0.273. The number of alkyl halides is 3. The van der Waals surface area contributed by atoms with Gasteiger partial charge in [0.25, 0.3) is 0 Å². The molecular weight excluding hydrogens is 329 g/mol. The van der Waals surface area contributed by atoms with E-state index in [1.54, 1.807) is 6.21 Å². The van der Waals surface area contributed by atoms with Crippen LogP contribution in [-0.4, -0.2) is 18.8 Å². The van der Waals surface area contributed by atoms with E-state index in [1.165, 1.54) is 36.0 Å². The largest absolute Gasteiger partial charge is 0.573 e. The minimum Gasteiger partial charge on any atom is -0.406 e. The number of benzene rings is 2. The van der Waals surface area contributed by atoms with Crippen molar-refractivity contribution in [3.8, 4) is 5.75 Å². The second kappa shape index (κ2) is 8.82. The van der Waals surface area contributed by atoms with Crippen molar-refractivity contribution in [1.82, 2.24) is 0 Å². The maximum Gasteiger partial charge on any atom is 0.573 e. The highest BCUT2D eigenvalue weighted by Crippen LogP contribution is 2.22. The molecule has 0 saturated heterocycles. The summed E-state index contributed by atoms with van der Waals surface area (Å²) in [5, 5.41) is 7.81. The van der Waals surface area contributed by atoms with Crippen LogP contribution in [0, 0.1) is 0 Å². The molecule has 2 rings (SSSR count). The molecule has 0 aliphatic carbocycles. The zero-order valence-corrected chi connectivity index (χ0v) is 13.4. The van der Waals surface area contributed by atoms with E-state index < -0.39 is 6.36 Å². The molecule has 2 aromatic carbocycles. The molecule has 2 aromatic rings. The van der Waals surface area contributed by atoms with Crippen LogP contribution in [0.4, 0.5) is 13.2 Å². The fourth-order valence-electron chi connectivity index (χ4n) is 1.99. The van der Waals surface area contributed by atoms with E-state index in [9.17, 15) is 13.2 Å². The number of nitrogens with zero attached hydrogens (tertiary/aromatic N) is 2. The number of rotatable bonds is 7. The molecule has 6 heteroatoms. The fourth-order valence-corrected chi connectivity index (χ4v) is 1.99. The summed E-state index contributed by atoms with van der Waals surface area (Å²) in [5.74, 6) is -0.273. The summed E-state index contributed by atoms with van der Waals surface area (Å²) in [7, 11) is 0. The molecule has 130 valence electrons. The van der Waals surface area contributed by atoms with Crippen molar-refractivity contribution in [1.29, 1.82) is 0 Å². The summed E-state index contributed by atoms with van der Waals surface area (Å²) in [6, 6.07) is 13.3. The van der Waals surface area contributed by atoms with Gasteiger partial charge in [0.2, 0.25) is 0 Å². The van der Waals surface area contributed by atoms with Gasteiger partial charge < -0.3 is 4.74 Å². The van der Waals surface area contributed by atoms with E-state index in [0.29, 0.717) is 5.56 Å². The first-order chi connectivity index (χ1) is 12.0. The lowest BCUT2D eigenvalue weighted by Crippen LogP contribution is -2.16. The van der Waals surface area contributed by atoms with Crippen molar-refractivity contribution < 1.29 is 17.9 Å². The van der Waals surface area contributed by atoms with Crippen molar-refractivity contribution in [2.75, 3.05) is 0 Å². The van der Waals surface area contributed by atoms with Crippen LogP contribution in [0.2, 0.25) is 0 Å². The number of halogens is 3. The molecule has 0 heterocycles. The summed E-state index contributed by atoms with van der Waals surface area (Å²) in [5.41, 5.74) is 2.75. The molecule has 0 bridgehead atoms. The molecule has 0 amide bonds. The highest BCUT2D eigenvalue weighted by Gasteiger charge is 2.30. The lowest BCUT2D eigenvalue weighted by atomic mass is 10.1. The first kappa shape index (κ1) is 18.4. The topological polar surface area (TPSA) is 34.0 Å². The first-order valence-corrected chi connectivity index (χ1v) is 7.58. The number of hydrogen-bond acceptors (Lipinski definition) is 3. The predicted molar refractivity (Wildman–Crippen MR) is 93.3 cm³/mol. The van der Waals surface area contributed by atoms with Crippen molar-refractivity contribution in [2.24, 2.45) is 10.2 Å². The van der Waals surface area contributed by atoms with E-state index >= 15 is 0 Å². The molecule has 0 N–H and O–H groups in total. The Labute approximate surface area is 144 Å². The van der Waals surface area contributed by atoms with Crippen LogP contribution in [0.3, 0.4) is 0 Å². The highest BCUT2D eigenvalue weighted by molar-refractivity contribution is 5.82. The third kappa shape index (κ3) is 7.03. The van der Waals surface area contributed by atoms with Crippen molar-refractivity contribution >= 4 is 12.4 Å². The minimum atomic E-state index is -4.69. The first-order valence-electron chi connectivity index (χ1n) is 7.58. The second-order valence-corrected chi connectivity index (χ2v) is 5.17. The van der Waals surface area contributed by atoms with Crippen LogP contribution in [-0.2, 0) is 6.42 Å². The van der Waals surface area contributed by atoms with Crippen LogP contribution in [0.1, 0.15) is 23.1 Å². The summed E-state index contributed by atoms with van der Waals surface area (Å²) >= 11 is 0. The number of allylic oxidation sites excluding steroid dienone is 1. The van der Waals surface area contributed by atoms with Crippen LogP contribution in [0.25, 0.3) is 0 Å². The number of aryl methyl sites for hydroxylation is 1. The van der Waals surface area contributed by atoms with Gasteiger partial charge >= 0.3 is 6.36 Å². The number of hydrogen-bond donors (Lipinski definition) is 0. The smallest absolute Gasteiger partial charge is 0.406 e. The average Bonchev–Trinajstić information content (AvgIpc) is 2.58. The van der Waals surface area contributed by atoms with Crippen LogP contribution < -0.4 is 4.74 Å². The van der Waals surface area contributed by atoms with Gasteiger partial charge in [0.05, 0.1) is 12.4 Å². The molecule has 0 aromatic heterocycles. The maximum absolute atomic E-state index is 12.1. The molecule has 0 unspecified atom stereocenters. The van der Waals surface area contributed by atoms with Gasteiger partial charge in [0, 0.05) is 0 Å². The van der Waals surface area contributed by atoms with Crippen molar-refractivity contribution in [2.45, 2.75) is 19.2 Å². The Balaban J connectivity index is 1.89. The normalized spacial score (nSPS) is 12.0. The van der Waals surface area contributed by atoms with E-state index in [-0.39, 0.29) is 5.75 Å². The van der Waals surface area contributed by atoms with E-state index in [0.717, 1.165) is 18.4 Å². The molecule has 25 heavy (non-hydrogen) atoms. The monoisotopic (exact) mass is 346 g/mol. The Morgan fingerprint density at radius 3 is 1.88 bits per heavy atom. The standard InChI is InChI=1S/C19H17F3N2O/c1-2-3-4-15-5-7-16(8-6-15)13-23-24-14-17-9-11-18(12-10-17)25-19(20,21)22/h2,5-14H,1,3-4H2/b23-13+,24-14-. The Kier molecular flexibility index (Phi) is 6.51. The Morgan fingerprint density at radius 1 is 0.880 bits per heavy atom. The molecule has 0 atom stereocenters. The zero-order valence-electron chi connectivity index (χ0n) is 13.4. The van der Waals surface area contributed by atoms with Gasteiger partial charge in [-0.3, -0.25) is 0 Å². The lowest BCUT2D eigenvalue weighted by Gasteiger charge is -2.08. The molecular formula is C19H17F3N2O. The molecule has 0 aliphatic heterocycles. The van der Waals surface area contributed by atoms with Gasteiger partial charge in [-0.05, 0) is 53.8 Å². The molecule has 0 aliphatic rings.